The van der Waals surface area contributed by atoms with E-state index in [0.29, 0.717) is 49.6 Å². The summed E-state index contributed by atoms with van der Waals surface area (Å²) in [6, 6.07) is 9.78. The number of carbonyl (C=O) groups excluding carboxylic acids is 1. The monoisotopic (exact) mass is 419 g/mol. The molecule has 1 unspecified atom stereocenters. The maximum Gasteiger partial charge on any atom is 0.220 e. The molecule has 1 atom stereocenters. The Balaban J connectivity index is 0.00000240. The smallest absolute Gasteiger partial charge is 0.220 e. The predicted octanol–water partition coefficient (Wildman–Crippen LogP) is -1.26. The van der Waals surface area contributed by atoms with Gasteiger partial charge in [-0.2, -0.15) is 0 Å². The van der Waals surface area contributed by atoms with Crippen LogP contribution in [0.15, 0.2) is 47.1 Å². The van der Waals surface area contributed by atoms with Crippen LogP contribution in [0.2, 0.25) is 0 Å². The maximum absolute atomic E-state index is 14.7. The van der Waals surface area contributed by atoms with Crippen molar-refractivity contribution in [1.29, 1.82) is 0 Å². The number of carbonyl (C=O) groups is 1. The summed E-state index contributed by atoms with van der Waals surface area (Å²) in [7, 11) is 0. The van der Waals surface area contributed by atoms with E-state index in [1.165, 1.54) is 6.07 Å². The zero-order valence-corrected chi connectivity index (χ0v) is 16.4. The lowest BCUT2D eigenvalue weighted by molar-refractivity contribution is -0.123. The number of nitrogens with two attached hydrogens (primary N) is 1. The van der Waals surface area contributed by atoms with Gasteiger partial charge in [-0.05, 0) is 54.6 Å². The lowest BCUT2D eigenvalue weighted by Crippen LogP contribution is -3.00. The molecule has 1 amide bonds. The first kappa shape index (κ1) is 20.9. The number of benzene rings is 1. The molecule has 154 valence electrons. The molecule has 1 aliphatic rings. The molecule has 2 N–H and O–H groups in total. The van der Waals surface area contributed by atoms with Gasteiger partial charge in [-0.3, -0.25) is 9.69 Å². The molecule has 0 spiro atoms. The Bertz CT molecular complexity index is 940. The van der Waals surface area contributed by atoms with Crippen LogP contribution in [0.5, 0.6) is 0 Å². The molecule has 4 rings (SSSR count). The molecule has 0 bridgehead atoms. The molecular formula is C19H21ClFN6O2-. The molecule has 1 aromatic carbocycles. The van der Waals surface area contributed by atoms with Crippen molar-refractivity contribution in [3.63, 3.8) is 0 Å². The first-order valence-electron chi connectivity index (χ1n) is 9.19. The minimum absolute atomic E-state index is 0. The molecule has 0 radical (unpaired) electrons. The SMILES string of the molecule is NC(=O)C1CCN(C(c2ccccc2F)c2nnnn2Cc2ccco2)CC1.[Cl-]. The fraction of sp³-hybridized carbons (Fsp3) is 0.368. The van der Waals surface area contributed by atoms with Gasteiger partial charge in [0.2, 0.25) is 5.91 Å². The van der Waals surface area contributed by atoms with Crippen LogP contribution in [0.4, 0.5) is 4.39 Å². The van der Waals surface area contributed by atoms with Gasteiger partial charge in [0.1, 0.15) is 24.2 Å². The van der Waals surface area contributed by atoms with E-state index in [9.17, 15) is 9.18 Å². The summed E-state index contributed by atoms with van der Waals surface area (Å²) in [6.45, 7) is 1.54. The normalized spacial score (nSPS) is 16.3. The van der Waals surface area contributed by atoms with Crippen LogP contribution in [0.3, 0.4) is 0 Å². The first-order chi connectivity index (χ1) is 13.6. The van der Waals surface area contributed by atoms with Gasteiger partial charge >= 0.3 is 0 Å². The number of tetrazole rings is 1. The third kappa shape index (κ3) is 4.46. The van der Waals surface area contributed by atoms with Gasteiger partial charge in [-0.25, -0.2) is 9.07 Å². The summed E-state index contributed by atoms with van der Waals surface area (Å²) in [6.07, 6.45) is 2.84. The van der Waals surface area contributed by atoms with E-state index in [1.807, 2.05) is 6.07 Å². The number of halogens is 2. The average Bonchev–Trinajstić information content (AvgIpc) is 3.37. The number of amides is 1. The van der Waals surface area contributed by atoms with Crippen molar-refractivity contribution < 1.29 is 26.0 Å². The van der Waals surface area contributed by atoms with Gasteiger partial charge in [-0.1, -0.05) is 18.2 Å². The lowest BCUT2D eigenvalue weighted by Gasteiger charge is -2.36. The fourth-order valence-corrected chi connectivity index (χ4v) is 3.71. The maximum atomic E-state index is 14.7. The van der Waals surface area contributed by atoms with Crippen molar-refractivity contribution in [1.82, 2.24) is 25.1 Å². The number of rotatable bonds is 6. The van der Waals surface area contributed by atoms with E-state index in [2.05, 4.69) is 20.4 Å². The predicted molar refractivity (Wildman–Crippen MR) is 97.4 cm³/mol. The lowest BCUT2D eigenvalue weighted by atomic mass is 9.93. The topological polar surface area (TPSA) is 103 Å². The highest BCUT2D eigenvalue weighted by Gasteiger charge is 2.34. The Morgan fingerprint density at radius 2 is 2.00 bits per heavy atom. The first-order valence-corrected chi connectivity index (χ1v) is 9.19. The molecule has 0 aliphatic carbocycles. The highest BCUT2D eigenvalue weighted by molar-refractivity contribution is 5.76. The van der Waals surface area contributed by atoms with Crippen LogP contribution >= 0.6 is 0 Å². The fourth-order valence-electron chi connectivity index (χ4n) is 3.71. The van der Waals surface area contributed by atoms with Crippen LogP contribution in [-0.4, -0.2) is 44.1 Å². The summed E-state index contributed by atoms with van der Waals surface area (Å²) >= 11 is 0. The third-order valence-electron chi connectivity index (χ3n) is 5.19. The second-order valence-electron chi connectivity index (χ2n) is 6.91. The highest BCUT2D eigenvalue weighted by atomic mass is 35.5. The number of hydrogen-bond acceptors (Lipinski definition) is 6. The van der Waals surface area contributed by atoms with Crippen LogP contribution in [0.1, 0.15) is 36.0 Å². The quantitative estimate of drug-likeness (QED) is 0.535. The minimum atomic E-state index is -0.472. The zero-order chi connectivity index (χ0) is 19.5. The van der Waals surface area contributed by atoms with Crippen molar-refractivity contribution in [2.24, 2.45) is 11.7 Å². The van der Waals surface area contributed by atoms with E-state index in [1.54, 1.807) is 35.2 Å². The van der Waals surface area contributed by atoms with Gasteiger partial charge in [0.05, 0.1) is 6.26 Å². The second kappa shape index (κ2) is 9.15. The van der Waals surface area contributed by atoms with Crippen molar-refractivity contribution in [2.75, 3.05) is 13.1 Å². The molecule has 8 nitrogen and oxygen atoms in total. The van der Waals surface area contributed by atoms with Gasteiger partial charge < -0.3 is 22.6 Å². The van der Waals surface area contributed by atoms with Crippen molar-refractivity contribution in [2.45, 2.75) is 25.4 Å². The van der Waals surface area contributed by atoms with E-state index >= 15 is 0 Å². The Hall–Kier alpha value is -2.78. The van der Waals surface area contributed by atoms with Crippen LogP contribution in [-0.2, 0) is 11.3 Å². The van der Waals surface area contributed by atoms with Crippen LogP contribution in [0, 0.1) is 11.7 Å². The van der Waals surface area contributed by atoms with Gasteiger partial charge in [0, 0.05) is 11.5 Å². The molecular weight excluding hydrogens is 399 g/mol. The number of nitrogens with zero attached hydrogens (tertiary/aromatic N) is 5. The number of primary amides is 1. The molecule has 3 aromatic rings. The van der Waals surface area contributed by atoms with Crippen LogP contribution in [0.25, 0.3) is 0 Å². The summed E-state index contributed by atoms with van der Waals surface area (Å²) in [4.78, 5) is 13.6. The molecule has 1 saturated heterocycles. The molecule has 2 aromatic heterocycles. The Labute approximate surface area is 173 Å². The number of likely N-dealkylation sites (tertiary alicyclic amines) is 1. The third-order valence-corrected chi connectivity index (χ3v) is 5.19. The van der Waals surface area contributed by atoms with Crippen LogP contribution < -0.4 is 18.1 Å². The Morgan fingerprint density at radius 1 is 1.24 bits per heavy atom. The molecule has 1 fully saturated rings. The van der Waals surface area contributed by atoms with E-state index < -0.39 is 6.04 Å². The average molecular weight is 420 g/mol. The summed E-state index contributed by atoms with van der Waals surface area (Å²) in [5, 5.41) is 12.1. The Kier molecular flexibility index (Phi) is 6.60. The van der Waals surface area contributed by atoms with Gasteiger partial charge in [0.25, 0.3) is 0 Å². The summed E-state index contributed by atoms with van der Waals surface area (Å²) < 4.78 is 21.7. The number of aromatic nitrogens is 4. The van der Waals surface area contributed by atoms with E-state index in [-0.39, 0.29) is 30.0 Å². The summed E-state index contributed by atoms with van der Waals surface area (Å²) in [5.74, 6) is 0.464. The minimum Gasteiger partial charge on any atom is -1.00 e. The van der Waals surface area contributed by atoms with Crippen molar-refractivity contribution in [3.05, 3.63) is 65.6 Å². The second-order valence-corrected chi connectivity index (χ2v) is 6.91. The van der Waals surface area contributed by atoms with Crippen molar-refractivity contribution in [3.8, 4) is 0 Å². The summed E-state index contributed by atoms with van der Waals surface area (Å²) in [5.41, 5.74) is 5.95. The molecule has 10 heteroatoms. The van der Waals surface area contributed by atoms with E-state index in [4.69, 9.17) is 10.2 Å². The largest absolute Gasteiger partial charge is 1.00 e. The van der Waals surface area contributed by atoms with Gasteiger partial charge in [-0.15, -0.1) is 5.10 Å². The van der Waals surface area contributed by atoms with Gasteiger partial charge in [0.15, 0.2) is 5.82 Å². The molecule has 1 aliphatic heterocycles. The van der Waals surface area contributed by atoms with Crippen molar-refractivity contribution >= 4 is 5.91 Å². The zero-order valence-electron chi connectivity index (χ0n) is 15.6. The number of piperidine rings is 1. The highest BCUT2D eigenvalue weighted by Crippen LogP contribution is 2.32. The molecule has 29 heavy (non-hydrogen) atoms. The Morgan fingerprint density at radius 3 is 2.66 bits per heavy atom. The number of furan rings is 1. The standard InChI is InChI=1S/C19H21FN6O2.ClH/c20-16-6-2-1-5-15(16)17(25-9-7-13(8-10-25)18(21)27)19-22-23-24-26(19)12-14-4-3-11-28-14;/h1-6,11,13,17H,7-10,12H2,(H2,21,27);1H/p-1. The number of hydrogen-bond donors (Lipinski definition) is 1. The van der Waals surface area contributed by atoms with E-state index in [0.717, 1.165) is 0 Å². The molecule has 3 heterocycles. The molecule has 0 saturated carbocycles.